The Morgan fingerprint density at radius 2 is 2.29 bits per heavy atom. The van der Waals surface area contributed by atoms with Gasteiger partial charge in [0.25, 0.3) is 0 Å². The minimum atomic E-state index is -0.432. The first-order chi connectivity index (χ1) is 7.86. The van der Waals surface area contributed by atoms with Crippen molar-refractivity contribution < 1.29 is 9.53 Å². The van der Waals surface area contributed by atoms with E-state index in [1.54, 1.807) is 4.90 Å². The zero-order chi connectivity index (χ0) is 12.7. The third-order valence-electron chi connectivity index (χ3n) is 3.72. The molecule has 0 radical (unpaired) electrons. The highest BCUT2D eigenvalue weighted by Crippen LogP contribution is 2.37. The summed E-state index contributed by atoms with van der Waals surface area (Å²) in [6.45, 7) is 8.73. The molecule has 5 heteroatoms. The van der Waals surface area contributed by atoms with Crippen LogP contribution in [-0.4, -0.2) is 48.8 Å². The van der Waals surface area contributed by atoms with Crippen LogP contribution in [-0.2, 0) is 4.74 Å². The van der Waals surface area contributed by atoms with Crippen molar-refractivity contribution in [1.29, 1.82) is 0 Å². The van der Waals surface area contributed by atoms with Crippen LogP contribution in [0.3, 0.4) is 0 Å². The van der Waals surface area contributed by atoms with Crippen LogP contribution in [0.25, 0.3) is 0 Å². The fraction of sp³-hybridized carbons (Fsp3) is 0.917. The number of hydrogen-bond acceptors (Lipinski definition) is 4. The molecule has 0 saturated carbocycles. The van der Waals surface area contributed by atoms with Crippen molar-refractivity contribution in [2.45, 2.75) is 38.8 Å². The van der Waals surface area contributed by atoms with Crippen molar-refractivity contribution in [3.8, 4) is 0 Å². The predicted octanol–water partition coefficient (Wildman–Crippen LogP) is 0.544. The number of nitrogens with one attached hydrogen (secondary N) is 1. The SMILES string of the molecule is CC(C)(C)OC(=O)N1CC2NCCC2(CN)C1. The standard InChI is InChI=1S/C12H23N3O2/c1-11(2,3)17-10(16)15-6-9-12(7-13,8-15)4-5-14-9/h9,14H,4-8,13H2,1-3H3. The minimum absolute atomic E-state index is 0.0664. The van der Waals surface area contributed by atoms with Gasteiger partial charge in [-0.1, -0.05) is 0 Å². The number of ether oxygens (including phenoxy) is 1. The molecule has 0 aliphatic carbocycles. The van der Waals surface area contributed by atoms with Crippen LogP contribution in [0.15, 0.2) is 0 Å². The van der Waals surface area contributed by atoms with E-state index < -0.39 is 5.60 Å². The first-order valence-corrected chi connectivity index (χ1v) is 6.28. The first-order valence-electron chi connectivity index (χ1n) is 6.28. The highest BCUT2D eigenvalue weighted by molar-refractivity contribution is 5.69. The third-order valence-corrected chi connectivity index (χ3v) is 3.72. The number of fused-ring (bicyclic) bond motifs is 1. The summed E-state index contributed by atoms with van der Waals surface area (Å²) in [5, 5.41) is 3.43. The van der Waals surface area contributed by atoms with Gasteiger partial charge in [-0.05, 0) is 33.7 Å². The van der Waals surface area contributed by atoms with Gasteiger partial charge in [0.2, 0.25) is 0 Å². The summed E-state index contributed by atoms with van der Waals surface area (Å²) < 4.78 is 5.39. The molecule has 2 rings (SSSR count). The van der Waals surface area contributed by atoms with Gasteiger partial charge in [-0.2, -0.15) is 0 Å². The lowest BCUT2D eigenvalue weighted by molar-refractivity contribution is 0.0270. The Labute approximate surface area is 103 Å². The van der Waals surface area contributed by atoms with E-state index in [-0.39, 0.29) is 11.5 Å². The van der Waals surface area contributed by atoms with Gasteiger partial charge in [0.15, 0.2) is 0 Å². The lowest BCUT2D eigenvalue weighted by Gasteiger charge is -2.27. The number of nitrogens with zero attached hydrogens (tertiary/aromatic N) is 1. The Kier molecular flexibility index (Phi) is 3.08. The lowest BCUT2D eigenvalue weighted by Crippen LogP contribution is -2.41. The van der Waals surface area contributed by atoms with Crippen molar-refractivity contribution >= 4 is 6.09 Å². The summed E-state index contributed by atoms with van der Waals surface area (Å²) in [5.74, 6) is 0. The molecule has 0 spiro atoms. The maximum Gasteiger partial charge on any atom is 0.410 e. The molecule has 0 aromatic carbocycles. The topological polar surface area (TPSA) is 67.6 Å². The maximum absolute atomic E-state index is 12.0. The summed E-state index contributed by atoms with van der Waals surface area (Å²) in [5.41, 5.74) is 5.51. The van der Waals surface area contributed by atoms with Gasteiger partial charge in [0, 0.05) is 31.1 Å². The van der Waals surface area contributed by atoms with Crippen molar-refractivity contribution in [3.05, 3.63) is 0 Å². The molecule has 1 amide bonds. The largest absolute Gasteiger partial charge is 0.444 e. The zero-order valence-electron chi connectivity index (χ0n) is 11.0. The molecule has 98 valence electrons. The fourth-order valence-corrected chi connectivity index (χ4v) is 2.77. The van der Waals surface area contributed by atoms with Crippen LogP contribution in [0.4, 0.5) is 4.79 Å². The number of carbonyl (C=O) groups is 1. The lowest BCUT2D eigenvalue weighted by atomic mass is 9.83. The Morgan fingerprint density at radius 1 is 1.59 bits per heavy atom. The van der Waals surface area contributed by atoms with Gasteiger partial charge in [-0.3, -0.25) is 0 Å². The Balaban J connectivity index is 2.00. The van der Waals surface area contributed by atoms with Gasteiger partial charge in [0.1, 0.15) is 5.60 Å². The highest BCUT2D eigenvalue weighted by atomic mass is 16.6. The zero-order valence-corrected chi connectivity index (χ0v) is 11.0. The molecule has 2 heterocycles. The molecule has 2 fully saturated rings. The molecule has 2 unspecified atom stereocenters. The molecular weight excluding hydrogens is 218 g/mol. The van der Waals surface area contributed by atoms with E-state index in [1.807, 2.05) is 20.8 Å². The van der Waals surface area contributed by atoms with Gasteiger partial charge >= 0.3 is 6.09 Å². The van der Waals surface area contributed by atoms with Gasteiger partial charge in [-0.15, -0.1) is 0 Å². The van der Waals surface area contributed by atoms with Crippen molar-refractivity contribution in [2.75, 3.05) is 26.2 Å². The second-order valence-electron chi connectivity index (χ2n) is 6.18. The van der Waals surface area contributed by atoms with Crippen molar-refractivity contribution in [3.63, 3.8) is 0 Å². The van der Waals surface area contributed by atoms with E-state index in [0.29, 0.717) is 19.1 Å². The molecule has 2 atom stereocenters. The number of rotatable bonds is 1. The van der Waals surface area contributed by atoms with E-state index in [1.165, 1.54) is 0 Å². The van der Waals surface area contributed by atoms with Crippen LogP contribution >= 0.6 is 0 Å². The smallest absolute Gasteiger partial charge is 0.410 e. The van der Waals surface area contributed by atoms with E-state index >= 15 is 0 Å². The Morgan fingerprint density at radius 3 is 2.82 bits per heavy atom. The minimum Gasteiger partial charge on any atom is -0.444 e. The van der Waals surface area contributed by atoms with Crippen LogP contribution in [0, 0.1) is 5.41 Å². The van der Waals surface area contributed by atoms with Crippen LogP contribution in [0.2, 0.25) is 0 Å². The normalized spacial score (nSPS) is 32.7. The number of carbonyl (C=O) groups excluding carboxylic acids is 1. The number of likely N-dealkylation sites (tertiary alicyclic amines) is 1. The van der Waals surface area contributed by atoms with Gasteiger partial charge < -0.3 is 20.7 Å². The van der Waals surface area contributed by atoms with E-state index in [4.69, 9.17) is 10.5 Å². The third kappa shape index (κ3) is 2.40. The Bertz CT molecular complexity index is 313. The highest BCUT2D eigenvalue weighted by Gasteiger charge is 2.50. The van der Waals surface area contributed by atoms with Crippen molar-refractivity contribution in [1.82, 2.24) is 10.2 Å². The van der Waals surface area contributed by atoms with Gasteiger partial charge in [-0.25, -0.2) is 4.79 Å². The van der Waals surface area contributed by atoms with Crippen LogP contribution in [0.1, 0.15) is 27.2 Å². The molecule has 17 heavy (non-hydrogen) atoms. The fourth-order valence-electron chi connectivity index (χ4n) is 2.77. The first kappa shape index (κ1) is 12.6. The van der Waals surface area contributed by atoms with Gasteiger partial charge in [0.05, 0.1) is 0 Å². The molecule has 2 saturated heterocycles. The number of amides is 1. The quantitative estimate of drug-likeness (QED) is 0.703. The molecule has 0 bridgehead atoms. The molecular formula is C12H23N3O2. The van der Waals surface area contributed by atoms with Crippen LogP contribution < -0.4 is 11.1 Å². The summed E-state index contributed by atoms with van der Waals surface area (Å²) in [6, 6.07) is 0.333. The predicted molar refractivity (Wildman–Crippen MR) is 65.7 cm³/mol. The summed E-state index contributed by atoms with van der Waals surface area (Å²) in [4.78, 5) is 13.8. The molecule has 0 aromatic rings. The molecule has 2 aliphatic rings. The summed E-state index contributed by atoms with van der Waals surface area (Å²) in [7, 11) is 0. The number of nitrogens with two attached hydrogens (primary N) is 1. The molecule has 5 nitrogen and oxygen atoms in total. The second-order valence-corrected chi connectivity index (χ2v) is 6.18. The number of hydrogen-bond donors (Lipinski definition) is 2. The molecule has 2 aliphatic heterocycles. The summed E-state index contributed by atoms with van der Waals surface area (Å²) >= 11 is 0. The molecule has 0 aromatic heterocycles. The molecule has 3 N–H and O–H groups in total. The average molecular weight is 241 g/mol. The maximum atomic E-state index is 12.0. The van der Waals surface area contributed by atoms with E-state index in [0.717, 1.165) is 19.5 Å². The van der Waals surface area contributed by atoms with Crippen LogP contribution in [0.5, 0.6) is 0 Å². The average Bonchev–Trinajstić information content (AvgIpc) is 2.70. The monoisotopic (exact) mass is 241 g/mol. The van der Waals surface area contributed by atoms with E-state index in [9.17, 15) is 4.79 Å². The summed E-state index contributed by atoms with van der Waals surface area (Å²) in [6.07, 6.45) is 0.828. The second kappa shape index (κ2) is 4.14. The Hall–Kier alpha value is -0.810. The van der Waals surface area contributed by atoms with Crippen molar-refractivity contribution in [2.24, 2.45) is 11.1 Å². The van der Waals surface area contributed by atoms with E-state index in [2.05, 4.69) is 5.32 Å².